The van der Waals surface area contributed by atoms with Crippen molar-refractivity contribution in [1.82, 2.24) is 4.98 Å². The first-order valence-electron chi connectivity index (χ1n) is 3.24. The molecule has 0 amide bonds. The summed E-state index contributed by atoms with van der Waals surface area (Å²) in [5, 5.41) is 0. The van der Waals surface area contributed by atoms with E-state index in [2.05, 4.69) is 52.8 Å². The lowest BCUT2D eigenvalue weighted by Gasteiger charge is -2.10. The van der Waals surface area contributed by atoms with E-state index in [-0.39, 0.29) is 0 Å². The van der Waals surface area contributed by atoms with E-state index in [1.165, 1.54) is 0 Å². The quantitative estimate of drug-likeness (QED) is 0.742. The molecule has 0 aliphatic heterocycles. The maximum absolute atomic E-state index is 5.12. The lowest BCUT2D eigenvalue weighted by molar-refractivity contribution is 0.381. The van der Waals surface area contributed by atoms with Gasteiger partial charge in [0, 0.05) is 0 Å². The zero-order chi connectivity index (χ0) is 10.0. The minimum Gasteiger partial charge on any atom is -0.493 e. The van der Waals surface area contributed by atoms with Crippen LogP contribution in [0.4, 0.5) is 0 Å². The number of hydrogen-bond acceptors (Lipinski definition) is 3. The van der Waals surface area contributed by atoms with Gasteiger partial charge in [0.05, 0.1) is 14.2 Å². The molecule has 3 nitrogen and oxygen atoms in total. The van der Waals surface area contributed by atoms with Gasteiger partial charge < -0.3 is 9.47 Å². The van der Waals surface area contributed by atoms with Gasteiger partial charge in [0.15, 0.2) is 20.7 Å². The zero-order valence-electron chi connectivity index (χ0n) is 6.90. The summed E-state index contributed by atoms with van der Waals surface area (Å²) in [4.78, 5) is 4.13. The lowest BCUT2D eigenvalue weighted by Crippen LogP contribution is -1.94. The SMILES string of the molecule is COc1c(Br)nc(Br)c(OC)c1Br. The summed E-state index contributed by atoms with van der Waals surface area (Å²) in [5.41, 5.74) is 0. The monoisotopic (exact) mass is 373 g/mol. The highest BCUT2D eigenvalue weighted by atomic mass is 79.9. The van der Waals surface area contributed by atoms with Gasteiger partial charge in [-0.05, 0) is 47.8 Å². The van der Waals surface area contributed by atoms with Crippen molar-refractivity contribution in [3.8, 4) is 11.5 Å². The van der Waals surface area contributed by atoms with Crippen LogP contribution < -0.4 is 9.47 Å². The van der Waals surface area contributed by atoms with Crippen molar-refractivity contribution in [3.05, 3.63) is 13.7 Å². The third kappa shape index (κ3) is 2.16. The van der Waals surface area contributed by atoms with Gasteiger partial charge in [-0.3, -0.25) is 0 Å². The van der Waals surface area contributed by atoms with Gasteiger partial charge in [-0.2, -0.15) is 0 Å². The van der Waals surface area contributed by atoms with Crippen LogP contribution in [0.3, 0.4) is 0 Å². The second kappa shape index (κ2) is 4.61. The van der Waals surface area contributed by atoms with E-state index in [4.69, 9.17) is 9.47 Å². The number of ether oxygens (including phenoxy) is 2. The molecular weight excluding hydrogens is 370 g/mol. The van der Waals surface area contributed by atoms with Crippen LogP contribution in [0.1, 0.15) is 0 Å². The molecule has 6 heteroatoms. The number of rotatable bonds is 2. The number of aromatic nitrogens is 1. The van der Waals surface area contributed by atoms with Crippen molar-refractivity contribution >= 4 is 47.8 Å². The van der Waals surface area contributed by atoms with E-state index in [1.54, 1.807) is 14.2 Å². The maximum Gasteiger partial charge on any atom is 0.169 e. The minimum atomic E-state index is 0.611. The molecule has 0 atom stereocenters. The number of halogens is 3. The molecule has 0 bridgehead atoms. The fraction of sp³-hybridized carbons (Fsp3) is 0.286. The third-order valence-electron chi connectivity index (χ3n) is 1.38. The predicted molar refractivity (Wildman–Crippen MR) is 60.4 cm³/mol. The summed E-state index contributed by atoms with van der Waals surface area (Å²) in [7, 11) is 3.14. The number of nitrogens with zero attached hydrogens (tertiary/aromatic N) is 1. The smallest absolute Gasteiger partial charge is 0.169 e. The Morgan fingerprint density at radius 3 is 1.62 bits per heavy atom. The number of hydrogen-bond donors (Lipinski definition) is 0. The first-order chi connectivity index (χ1) is 6.11. The molecule has 0 radical (unpaired) electrons. The third-order valence-corrected chi connectivity index (χ3v) is 3.17. The predicted octanol–water partition coefficient (Wildman–Crippen LogP) is 3.39. The van der Waals surface area contributed by atoms with Crippen LogP contribution in [0.5, 0.6) is 11.5 Å². The van der Waals surface area contributed by atoms with Gasteiger partial charge in [-0.25, -0.2) is 4.98 Å². The Morgan fingerprint density at radius 1 is 0.923 bits per heavy atom. The second-order valence-corrected chi connectivity index (χ2v) is 4.37. The molecule has 0 saturated carbocycles. The molecule has 1 heterocycles. The van der Waals surface area contributed by atoms with E-state index in [0.29, 0.717) is 20.7 Å². The van der Waals surface area contributed by atoms with Gasteiger partial charge in [-0.15, -0.1) is 0 Å². The van der Waals surface area contributed by atoms with Crippen LogP contribution in [0.2, 0.25) is 0 Å². The normalized spacial score (nSPS) is 9.92. The van der Waals surface area contributed by atoms with Crippen LogP contribution >= 0.6 is 47.8 Å². The summed E-state index contributed by atoms with van der Waals surface area (Å²) in [5.74, 6) is 1.22. The van der Waals surface area contributed by atoms with Crippen molar-refractivity contribution in [2.24, 2.45) is 0 Å². The van der Waals surface area contributed by atoms with Crippen molar-refractivity contribution in [1.29, 1.82) is 0 Å². The zero-order valence-corrected chi connectivity index (χ0v) is 11.7. The highest BCUT2D eigenvalue weighted by Gasteiger charge is 2.16. The Bertz CT molecular complexity index is 302. The van der Waals surface area contributed by atoms with E-state index >= 15 is 0 Å². The first kappa shape index (κ1) is 11.3. The summed E-state index contributed by atoms with van der Waals surface area (Å²) in [6, 6.07) is 0. The molecule has 1 rings (SSSR count). The van der Waals surface area contributed by atoms with E-state index in [9.17, 15) is 0 Å². The average Bonchev–Trinajstić information content (AvgIpc) is 2.04. The van der Waals surface area contributed by atoms with Gasteiger partial charge in [0.2, 0.25) is 0 Å². The Labute approximate surface area is 101 Å². The molecule has 0 fully saturated rings. The number of methoxy groups -OCH3 is 2. The van der Waals surface area contributed by atoms with Crippen LogP contribution in [0, 0.1) is 0 Å². The fourth-order valence-electron chi connectivity index (χ4n) is 0.820. The molecule has 0 aromatic carbocycles. The topological polar surface area (TPSA) is 31.4 Å². The first-order valence-corrected chi connectivity index (χ1v) is 5.62. The highest BCUT2D eigenvalue weighted by Crippen LogP contribution is 2.42. The minimum absolute atomic E-state index is 0.611. The maximum atomic E-state index is 5.12. The van der Waals surface area contributed by atoms with Crippen LogP contribution in [-0.2, 0) is 0 Å². The molecule has 13 heavy (non-hydrogen) atoms. The van der Waals surface area contributed by atoms with E-state index in [0.717, 1.165) is 4.47 Å². The Morgan fingerprint density at radius 2 is 1.31 bits per heavy atom. The van der Waals surface area contributed by atoms with Gasteiger partial charge in [0.1, 0.15) is 4.47 Å². The Balaban J connectivity index is 3.39. The van der Waals surface area contributed by atoms with Gasteiger partial charge >= 0.3 is 0 Å². The molecule has 0 N–H and O–H groups in total. The van der Waals surface area contributed by atoms with Crippen molar-refractivity contribution in [2.75, 3.05) is 14.2 Å². The lowest BCUT2D eigenvalue weighted by atomic mass is 10.4. The van der Waals surface area contributed by atoms with Crippen molar-refractivity contribution in [3.63, 3.8) is 0 Å². The standard InChI is InChI=1S/C7H6Br3NO2/c1-12-4-3(8)5(13-2)7(10)11-6(4)9/h1-2H3. The summed E-state index contributed by atoms with van der Waals surface area (Å²) < 4.78 is 12.2. The molecule has 0 saturated heterocycles. The Kier molecular flexibility index (Phi) is 4.00. The molecule has 0 aliphatic rings. The van der Waals surface area contributed by atoms with Crippen LogP contribution in [0.25, 0.3) is 0 Å². The summed E-state index contributed by atoms with van der Waals surface area (Å²) in [6.45, 7) is 0. The summed E-state index contributed by atoms with van der Waals surface area (Å²) >= 11 is 9.89. The molecule has 72 valence electrons. The molecule has 0 unspecified atom stereocenters. The van der Waals surface area contributed by atoms with E-state index < -0.39 is 0 Å². The van der Waals surface area contributed by atoms with Crippen molar-refractivity contribution < 1.29 is 9.47 Å². The second-order valence-electron chi connectivity index (χ2n) is 2.07. The Hall–Kier alpha value is 0.190. The molecule has 1 aromatic rings. The molecule has 0 spiro atoms. The molecule has 0 aliphatic carbocycles. The number of pyridine rings is 1. The summed E-state index contributed by atoms with van der Waals surface area (Å²) in [6.07, 6.45) is 0. The van der Waals surface area contributed by atoms with Crippen LogP contribution in [-0.4, -0.2) is 19.2 Å². The van der Waals surface area contributed by atoms with Crippen LogP contribution in [0.15, 0.2) is 13.7 Å². The average molecular weight is 376 g/mol. The fourth-order valence-corrected chi connectivity index (χ4v) is 3.36. The van der Waals surface area contributed by atoms with Gasteiger partial charge in [0.25, 0.3) is 0 Å². The van der Waals surface area contributed by atoms with E-state index in [1.807, 2.05) is 0 Å². The highest BCUT2D eigenvalue weighted by molar-refractivity contribution is 9.11. The molecular formula is C7H6Br3NO2. The van der Waals surface area contributed by atoms with Crippen molar-refractivity contribution in [2.45, 2.75) is 0 Å². The van der Waals surface area contributed by atoms with Gasteiger partial charge in [-0.1, -0.05) is 0 Å². The largest absolute Gasteiger partial charge is 0.493 e. The molecule has 1 aromatic heterocycles.